The molecule has 1 fully saturated rings. The highest BCUT2D eigenvalue weighted by Gasteiger charge is 2.40. The quantitative estimate of drug-likeness (QED) is 0.798. The van der Waals surface area contributed by atoms with E-state index in [9.17, 15) is 14.4 Å². The summed E-state index contributed by atoms with van der Waals surface area (Å²) in [5, 5.41) is 2.95. The van der Waals surface area contributed by atoms with E-state index < -0.39 is 17.7 Å². The van der Waals surface area contributed by atoms with Crippen molar-refractivity contribution in [3.05, 3.63) is 35.4 Å². The smallest absolute Gasteiger partial charge is 0.411 e. The summed E-state index contributed by atoms with van der Waals surface area (Å²) in [6, 6.07) is 7.34. The zero-order valence-corrected chi connectivity index (χ0v) is 19.1. The molecule has 0 aliphatic carbocycles. The molecule has 0 radical (unpaired) electrons. The molecule has 2 aliphatic rings. The maximum absolute atomic E-state index is 13.5. The van der Waals surface area contributed by atoms with E-state index in [0.29, 0.717) is 45.4 Å². The average molecular weight is 430 g/mol. The van der Waals surface area contributed by atoms with Crippen LogP contribution in [-0.4, -0.2) is 59.0 Å². The van der Waals surface area contributed by atoms with Gasteiger partial charge in [0.25, 0.3) is 0 Å². The molecule has 1 N–H and O–H groups in total. The number of benzene rings is 1. The predicted octanol–water partition coefficient (Wildman–Crippen LogP) is 3.11. The molecule has 1 unspecified atom stereocenters. The summed E-state index contributed by atoms with van der Waals surface area (Å²) in [5.74, 6) is -0.0339. The van der Waals surface area contributed by atoms with Gasteiger partial charge in [0.2, 0.25) is 11.8 Å². The third kappa shape index (κ3) is 5.77. The van der Waals surface area contributed by atoms with Gasteiger partial charge in [-0.15, -0.1) is 0 Å². The maximum Gasteiger partial charge on any atom is 0.411 e. The Bertz CT molecular complexity index is 809. The van der Waals surface area contributed by atoms with Crippen molar-refractivity contribution < 1.29 is 19.1 Å². The average Bonchev–Trinajstić information content (AvgIpc) is 2.75. The molecule has 7 heteroatoms. The Morgan fingerprint density at radius 2 is 1.74 bits per heavy atom. The summed E-state index contributed by atoms with van der Waals surface area (Å²) in [5.41, 5.74) is 1.50. The third-order valence-electron chi connectivity index (χ3n) is 5.89. The van der Waals surface area contributed by atoms with Gasteiger partial charge in [-0.05, 0) is 51.2 Å². The molecule has 1 atom stereocenters. The summed E-state index contributed by atoms with van der Waals surface area (Å²) in [7, 11) is 0. The largest absolute Gasteiger partial charge is 0.444 e. The second-order valence-electron chi connectivity index (χ2n) is 9.49. The van der Waals surface area contributed by atoms with Crippen molar-refractivity contribution in [1.82, 2.24) is 15.1 Å². The van der Waals surface area contributed by atoms with Crippen LogP contribution in [0.25, 0.3) is 0 Å². The van der Waals surface area contributed by atoms with E-state index in [0.717, 1.165) is 17.5 Å². The number of nitrogens with one attached hydrogen (secondary N) is 1. The van der Waals surface area contributed by atoms with E-state index in [1.54, 1.807) is 9.80 Å². The summed E-state index contributed by atoms with van der Waals surface area (Å²) < 4.78 is 5.61. The van der Waals surface area contributed by atoms with Crippen LogP contribution in [0.2, 0.25) is 0 Å². The first kappa shape index (κ1) is 23.1. The van der Waals surface area contributed by atoms with Crippen molar-refractivity contribution in [1.29, 1.82) is 0 Å². The van der Waals surface area contributed by atoms with Crippen LogP contribution in [0.1, 0.15) is 58.1 Å². The van der Waals surface area contributed by atoms with Crippen LogP contribution < -0.4 is 5.32 Å². The first-order valence-corrected chi connectivity index (χ1v) is 11.3. The molecular weight excluding hydrogens is 394 g/mol. The molecular formula is C24H35N3O4. The van der Waals surface area contributed by atoms with Crippen molar-refractivity contribution in [2.75, 3.05) is 19.6 Å². The summed E-state index contributed by atoms with van der Waals surface area (Å²) in [6.07, 6.45) is 2.22. The van der Waals surface area contributed by atoms with Gasteiger partial charge in [0, 0.05) is 32.0 Å². The SMILES string of the molecule is CCCNC(=O)C1CCN(C(=O)C2Cc3ccccc3CN2C(=O)OC(C)(C)C)CC1. The topological polar surface area (TPSA) is 79.0 Å². The molecule has 1 saturated heterocycles. The fraction of sp³-hybridized carbons (Fsp3) is 0.625. The monoisotopic (exact) mass is 429 g/mol. The van der Waals surface area contributed by atoms with E-state index in [2.05, 4.69) is 5.32 Å². The zero-order valence-electron chi connectivity index (χ0n) is 19.1. The van der Waals surface area contributed by atoms with E-state index in [4.69, 9.17) is 4.74 Å². The van der Waals surface area contributed by atoms with Crippen LogP contribution in [0, 0.1) is 5.92 Å². The van der Waals surface area contributed by atoms with Crippen molar-refractivity contribution in [2.24, 2.45) is 5.92 Å². The highest BCUT2D eigenvalue weighted by Crippen LogP contribution is 2.28. The zero-order chi connectivity index (χ0) is 22.6. The number of fused-ring (bicyclic) bond motifs is 1. The molecule has 1 aromatic rings. The van der Waals surface area contributed by atoms with E-state index in [1.165, 1.54) is 0 Å². The molecule has 3 amide bonds. The second-order valence-corrected chi connectivity index (χ2v) is 9.49. The number of likely N-dealkylation sites (tertiary alicyclic amines) is 1. The molecule has 2 heterocycles. The Morgan fingerprint density at radius 1 is 1.10 bits per heavy atom. The Labute approximate surface area is 185 Å². The van der Waals surface area contributed by atoms with Gasteiger partial charge in [0.1, 0.15) is 11.6 Å². The first-order valence-electron chi connectivity index (χ1n) is 11.3. The fourth-order valence-corrected chi connectivity index (χ4v) is 4.22. The summed E-state index contributed by atoms with van der Waals surface area (Å²) >= 11 is 0. The molecule has 3 rings (SSSR count). The lowest BCUT2D eigenvalue weighted by Crippen LogP contribution is -2.56. The summed E-state index contributed by atoms with van der Waals surface area (Å²) in [6.45, 7) is 9.62. The molecule has 31 heavy (non-hydrogen) atoms. The first-order chi connectivity index (χ1) is 14.7. The lowest BCUT2D eigenvalue weighted by Gasteiger charge is -2.40. The molecule has 0 aromatic heterocycles. The van der Waals surface area contributed by atoms with Gasteiger partial charge in [-0.2, -0.15) is 0 Å². The van der Waals surface area contributed by atoms with Crippen molar-refractivity contribution in [3.63, 3.8) is 0 Å². The van der Waals surface area contributed by atoms with Gasteiger partial charge in [-0.3, -0.25) is 14.5 Å². The number of nitrogens with zero attached hydrogens (tertiary/aromatic N) is 2. The number of carbonyl (C=O) groups excluding carboxylic acids is 3. The summed E-state index contributed by atoms with van der Waals surface area (Å²) in [4.78, 5) is 42.0. The number of amides is 3. The Kier molecular flexibility index (Phi) is 7.23. The Hall–Kier alpha value is -2.57. The van der Waals surface area contributed by atoms with E-state index in [1.807, 2.05) is 52.0 Å². The highest BCUT2D eigenvalue weighted by molar-refractivity contribution is 5.87. The van der Waals surface area contributed by atoms with Gasteiger partial charge in [-0.25, -0.2) is 4.79 Å². The predicted molar refractivity (Wildman–Crippen MR) is 118 cm³/mol. The van der Waals surface area contributed by atoms with Crippen LogP contribution in [0.15, 0.2) is 24.3 Å². The van der Waals surface area contributed by atoms with Gasteiger partial charge in [0.15, 0.2) is 0 Å². The maximum atomic E-state index is 13.5. The third-order valence-corrected chi connectivity index (χ3v) is 5.89. The molecule has 1 aromatic carbocycles. The minimum Gasteiger partial charge on any atom is -0.444 e. The van der Waals surface area contributed by atoms with Gasteiger partial charge in [-0.1, -0.05) is 31.2 Å². The number of piperidine rings is 1. The van der Waals surface area contributed by atoms with Crippen molar-refractivity contribution in [2.45, 2.75) is 71.6 Å². The van der Waals surface area contributed by atoms with Gasteiger partial charge in [0.05, 0.1) is 6.54 Å². The number of hydrogen-bond acceptors (Lipinski definition) is 4. The van der Waals surface area contributed by atoms with E-state index in [-0.39, 0.29) is 17.7 Å². The Balaban J connectivity index is 1.71. The van der Waals surface area contributed by atoms with Crippen molar-refractivity contribution in [3.8, 4) is 0 Å². The minimum absolute atomic E-state index is 0.0513. The lowest BCUT2D eigenvalue weighted by molar-refractivity contribution is -0.140. The number of ether oxygens (including phenoxy) is 1. The second kappa shape index (κ2) is 9.71. The van der Waals surface area contributed by atoms with Crippen LogP contribution in [0.5, 0.6) is 0 Å². The molecule has 0 bridgehead atoms. The molecule has 170 valence electrons. The number of hydrogen-bond donors (Lipinski definition) is 1. The van der Waals surface area contributed by atoms with Crippen LogP contribution in [0.4, 0.5) is 4.79 Å². The van der Waals surface area contributed by atoms with Gasteiger partial charge >= 0.3 is 6.09 Å². The van der Waals surface area contributed by atoms with Gasteiger partial charge < -0.3 is 15.0 Å². The van der Waals surface area contributed by atoms with E-state index >= 15 is 0 Å². The van der Waals surface area contributed by atoms with Crippen LogP contribution >= 0.6 is 0 Å². The van der Waals surface area contributed by atoms with Crippen LogP contribution in [0.3, 0.4) is 0 Å². The minimum atomic E-state index is -0.633. The highest BCUT2D eigenvalue weighted by atomic mass is 16.6. The molecule has 0 spiro atoms. The normalized spacial score (nSPS) is 19.5. The number of carbonyl (C=O) groups is 3. The molecule has 0 saturated carbocycles. The molecule has 7 nitrogen and oxygen atoms in total. The fourth-order valence-electron chi connectivity index (χ4n) is 4.22. The lowest BCUT2D eigenvalue weighted by atomic mass is 9.91. The Morgan fingerprint density at radius 3 is 2.35 bits per heavy atom. The standard InChI is InChI=1S/C24H35N3O4/c1-5-12-25-21(28)17-10-13-26(14-11-17)22(29)20-15-18-8-6-7-9-19(18)16-27(20)23(30)31-24(2,3)4/h6-9,17,20H,5,10-16H2,1-4H3,(H,25,28). The van der Waals surface area contributed by atoms with Crippen LogP contribution in [-0.2, 0) is 27.3 Å². The van der Waals surface area contributed by atoms with Crippen molar-refractivity contribution >= 4 is 17.9 Å². The number of rotatable bonds is 4. The molecule has 2 aliphatic heterocycles.